The number of alkyl halides is 3. The Kier molecular flexibility index (Phi) is 13.0. The molecule has 40 heavy (non-hydrogen) atoms. The number of hydrogen-bond donors (Lipinski definition) is 2. The van der Waals surface area contributed by atoms with Gasteiger partial charge in [-0.3, -0.25) is 0 Å². The van der Waals surface area contributed by atoms with Gasteiger partial charge in [-0.25, -0.2) is 9.59 Å². The van der Waals surface area contributed by atoms with Gasteiger partial charge in [0, 0.05) is 12.5 Å². The summed E-state index contributed by atoms with van der Waals surface area (Å²) in [6.45, 7) is 9.09. The van der Waals surface area contributed by atoms with Crippen LogP contribution < -0.4 is 9.47 Å². The van der Waals surface area contributed by atoms with Crippen molar-refractivity contribution in [1.82, 2.24) is 4.90 Å². The first-order valence-electron chi connectivity index (χ1n) is 13.3. The lowest BCUT2D eigenvalue weighted by Crippen LogP contribution is -2.42. The van der Waals surface area contributed by atoms with Gasteiger partial charge in [0.1, 0.15) is 0 Å². The molecule has 0 spiro atoms. The van der Waals surface area contributed by atoms with Gasteiger partial charge in [0.15, 0.2) is 11.5 Å². The zero-order chi connectivity index (χ0) is 29.7. The van der Waals surface area contributed by atoms with Gasteiger partial charge >= 0.3 is 18.1 Å². The Morgan fingerprint density at radius 2 is 1.82 bits per heavy atom. The number of carbonyl (C=O) groups is 2. The smallest absolute Gasteiger partial charge is 0.416 e. The molecule has 0 radical (unpaired) electrons. The van der Waals surface area contributed by atoms with Gasteiger partial charge in [0.05, 0.1) is 19.3 Å². The molecule has 7 nitrogen and oxygen atoms in total. The molecule has 1 fully saturated rings. The minimum absolute atomic E-state index is 0.00996. The third-order valence-corrected chi connectivity index (χ3v) is 6.78. The Morgan fingerprint density at radius 1 is 1.10 bits per heavy atom. The van der Waals surface area contributed by atoms with Crippen LogP contribution in [0.25, 0.3) is 0 Å². The molecular formula is C30H38F3NO6. The van der Waals surface area contributed by atoms with E-state index in [1.165, 1.54) is 18.6 Å². The first kappa shape index (κ1) is 32.7. The van der Waals surface area contributed by atoms with E-state index in [1.807, 2.05) is 30.3 Å². The first-order valence-corrected chi connectivity index (χ1v) is 13.3. The molecule has 0 amide bonds. The molecule has 2 unspecified atom stereocenters. The van der Waals surface area contributed by atoms with E-state index in [4.69, 9.17) is 29.3 Å². The summed E-state index contributed by atoms with van der Waals surface area (Å²) >= 11 is 0. The highest BCUT2D eigenvalue weighted by Crippen LogP contribution is 2.38. The van der Waals surface area contributed by atoms with Crippen LogP contribution in [0.4, 0.5) is 13.2 Å². The second-order valence-electron chi connectivity index (χ2n) is 9.69. The fourth-order valence-electron chi connectivity index (χ4n) is 4.77. The SMILES string of the molecule is C=CCc1ccc(OCC2CN(CCCCC)CCC2c2cccc(C(F)(F)F)c2)c(OC)c1.O=C(O)C(=O)O. The van der Waals surface area contributed by atoms with Crippen LogP contribution >= 0.6 is 0 Å². The average Bonchev–Trinajstić information content (AvgIpc) is 2.92. The van der Waals surface area contributed by atoms with Crippen LogP contribution in [-0.2, 0) is 22.2 Å². The predicted molar refractivity (Wildman–Crippen MR) is 146 cm³/mol. The van der Waals surface area contributed by atoms with Crippen molar-refractivity contribution in [2.45, 2.75) is 51.1 Å². The lowest BCUT2D eigenvalue weighted by atomic mass is 9.80. The number of likely N-dealkylation sites (tertiary alicyclic amines) is 1. The minimum atomic E-state index is -4.34. The van der Waals surface area contributed by atoms with Crippen LogP contribution in [0.15, 0.2) is 55.1 Å². The van der Waals surface area contributed by atoms with Gasteiger partial charge in [-0.15, -0.1) is 6.58 Å². The third kappa shape index (κ3) is 10.2. The van der Waals surface area contributed by atoms with Crippen LogP contribution in [0.2, 0.25) is 0 Å². The number of halogens is 3. The number of unbranched alkanes of at least 4 members (excludes halogenated alkanes) is 2. The molecule has 0 aromatic heterocycles. The topological polar surface area (TPSA) is 96.3 Å². The largest absolute Gasteiger partial charge is 0.493 e. The summed E-state index contributed by atoms with van der Waals surface area (Å²) in [5.41, 5.74) is 1.24. The standard InChI is InChI=1S/C28H36F3NO2.C2H2O4/c1-4-6-7-15-32-16-14-25(22-10-8-11-24(18-22)28(29,30)31)23(19-32)20-34-26-13-12-21(9-5-2)17-27(26)33-3;3-1(4)2(5)6/h5,8,10-13,17-18,23,25H,2,4,6-7,9,14-16,19-20H2,1,3H3;(H,3,4)(H,5,6). The van der Waals surface area contributed by atoms with Gasteiger partial charge in [0.25, 0.3) is 0 Å². The highest BCUT2D eigenvalue weighted by molar-refractivity contribution is 6.27. The number of allylic oxidation sites excluding steroid dienone is 1. The van der Waals surface area contributed by atoms with Crippen molar-refractivity contribution in [3.8, 4) is 11.5 Å². The molecule has 0 saturated carbocycles. The zero-order valence-electron chi connectivity index (χ0n) is 23.0. The van der Waals surface area contributed by atoms with Crippen LogP contribution in [0, 0.1) is 5.92 Å². The summed E-state index contributed by atoms with van der Waals surface area (Å²) in [5, 5.41) is 14.8. The number of rotatable bonds is 11. The molecule has 10 heteroatoms. The monoisotopic (exact) mass is 565 g/mol. The number of aliphatic carboxylic acids is 2. The van der Waals surface area contributed by atoms with E-state index in [1.54, 1.807) is 7.11 Å². The number of hydrogen-bond acceptors (Lipinski definition) is 5. The van der Waals surface area contributed by atoms with E-state index in [0.717, 1.165) is 62.5 Å². The van der Waals surface area contributed by atoms with Gasteiger partial charge in [-0.05, 0) is 67.6 Å². The van der Waals surface area contributed by atoms with E-state index < -0.39 is 23.7 Å². The molecule has 1 saturated heterocycles. The third-order valence-electron chi connectivity index (χ3n) is 6.78. The Hall–Kier alpha value is -3.53. The summed E-state index contributed by atoms with van der Waals surface area (Å²) in [5.74, 6) is -2.25. The molecule has 0 aliphatic carbocycles. The molecule has 2 aromatic rings. The van der Waals surface area contributed by atoms with Crippen LogP contribution in [0.1, 0.15) is 55.2 Å². The molecule has 220 valence electrons. The van der Waals surface area contributed by atoms with Gasteiger partial charge < -0.3 is 24.6 Å². The van der Waals surface area contributed by atoms with Gasteiger partial charge in [-0.1, -0.05) is 50.1 Å². The maximum Gasteiger partial charge on any atom is 0.416 e. The highest BCUT2D eigenvalue weighted by Gasteiger charge is 2.34. The average molecular weight is 566 g/mol. The number of benzene rings is 2. The first-order chi connectivity index (χ1) is 19.0. The number of carboxylic acids is 2. The molecule has 3 rings (SSSR count). The molecule has 2 aromatic carbocycles. The Bertz CT molecular complexity index is 1110. The molecule has 1 aliphatic heterocycles. The summed E-state index contributed by atoms with van der Waals surface area (Å²) in [7, 11) is 1.61. The summed E-state index contributed by atoms with van der Waals surface area (Å²) in [6.07, 6.45) is 2.53. The number of ether oxygens (including phenoxy) is 2. The van der Waals surface area contributed by atoms with Crippen molar-refractivity contribution >= 4 is 11.9 Å². The fourth-order valence-corrected chi connectivity index (χ4v) is 4.77. The Morgan fingerprint density at radius 3 is 2.42 bits per heavy atom. The molecular weight excluding hydrogens is 527 g/mol. The second kappa shape index (κ2) is 15.9. The number of methoxy groups -OCH3 is 1. The van der Waals surface area contributed by atoms with E-state index >= 15 is 0 Å². The predicted octanol–water partition coefficient (Wildman–Crippen LogP) is 6.27. The number of nitrogens with zero attached hydrogens (tertiary/aromatic N) is 1. The molecule has 2 N–H and O–H groups in total. The molecule has 0 bridgehead atoms. The van der Waals surface area contributed by atoms with Gasteiger partial charge in [-0.2, -0.15) is 13.2 Å². The number of piperidine rings is 1. The summed E-state index contributed by atoms with van der Waals surface area (Å²) in [6, 6.07) is 11.6. The maximum atomic E-state index is 13.4. The Labute approximate surface area is 233 Å². The van der Waals surface area contributed by atoms with Crippen molar-refractivity contribution in [3.05, 3.63) is 71.8 Å². The van der Waals surface area contributed by atoms with Gasteiger partial charge in [0.2, 0.25) is 0 Å². The fraction of sp³-hybridized carbons (Fsp3) is 0.467. The zero-order valence-corrected chi connectivity index (χ0v) is 23.0. The van der Waals surface area contributed by atoms with Crippen molar-refractivity contribution in [2.75, 3.05) is 33.4 Å². The van der Waals surface area contributed by atoms with Crippen LogP contribution in [-0.4, -0.2) is 60.4 Å². The van der Waals surface area contributed by atoms with Crippen molar-refractivity contribution in [3.63, 3.8) is 0 Å². The summed E-state index contributed by atoms with van der Waals surface area (Å²) < 4.78 is 51.8. The molecule has 2 atom stereocenters. The van der Waals surface area contributed by atoms with E-state index in [0.29, 0.717) is 18.1 Å². The normalized spacial score (nSPS) is 17.3. The Balaban J connectivity index is 0.000000840. The van der Waals surface area contributed by atoms with Crippen molar-refractivity contribution in [2.24, 2.45) is 5.92 Å². The van der Waals surface area contributed by atoms with E-state index in [2.05, 4.69) is 18.4 Å². The minimum Gasteiger partial charge on any atom is -0.493 e. The second-order valence-corrected chi connectivity index (χ2v) is 9.69. The quantitative estimate of drug-likeness (QED) is 0.188. The van der Waals surface area contributed by atoms with Crippen LogP contribution in [0.5, 0.6) is 11.5 Å². The van der Waals surface area contributed by atoms with E-state index in [-0.39, 0.29) is 11.8 Å². The van der Waals surface area contributed by atoms with Crippen molar-refractivity contribution in [1.29, 1.82) is 0 Å². The molecule has 1 aliphatic rings. The number of carboxylic acid groups (broad SMARTS) is 2. The summed E-state index contributed by atoms with van der Waals surface area (Å²) in [4.78, 5) is 20.6. The molecule has 1 heterocycles. The lowest BCUT2D eigenvalue weighted by molar-refractivity contribution is -0.159. The van der Waals surface area contributed by atoms with Crippen LogP contribution in [0.3, 0.4) is 0 Å². The van der Waals surface area contributed by atoms with E-state index in [9.17, 15) is 13.2 Å². The highest BCUT2D eigenvalue weighted by atomic mass is 19.4. The maximum absolute atomic E-state index is 13.4. The lowest BCUT2D eigenvalue weighted by Gasteiger charge is -2.39. The van der Waals surface area contributed by atoms with Crippen molar-refractivity contribution < 1.29 is 42.4 Å².